The van der Waals surface area contributed by atoms with E-state index in [0.29, 0.717) is 19.6 Å². The highest BCUT2D eigenvalue weighted by Gasteiger charge is 2.40. The number of rotatable bonds is 3. The van der Waals surface area contributed by atoms with Crippen LogP contribution in [0.1, 0.15) is 46.5 Å². The van der Waals surface area contributed by atoms with Gasteiger partial charge in [-0.05, 0) is 25.8 Å². The minimum Gasteiger partial charge on any atom is -0.351 e. The molecular weight excluding hydrogens is 448 g/mol. The van der Waals surface area contributed by atoms with Gasteiger partial charge in [0, 0.05) is 73.2 Å². The van der Waals surface area contributed by atoms with Gasteiger partial charge in [-0.1, -0.05) is 44.2 Å². The monoisotopic (exact) mass is 481 g/mol. The average molecular weight is 482 g/mol. The Balaban J connectivity index is 0.00000141. The van der Waals surface area contributed by atoms with E-state index in [0.717, 1.165) is 27.8 Å². The number of halogens is 2. The average Bonchev–Trinajstić information content (AvgIpc) is 2.89. The maximum Gasteiger partial charge on any atom is 0.248 e. The Morgan fingerprint density at radius 3 is 2.40 bits per heavy atom. The van der Waals surface area contributed by atoms with Crippen LogP contribution >= 0.6 is 0 Å². The third-order valence-corrected chi connectivity index (χ3v) is 6.89. The third-order valence-electron chi connectivity index (χ3n) is 6.89. The van der Waals surface area contributed by atoms with Crippen molar-refractivity contribution < 1.29 is 13.6 Å². The number of amides is 1. The molecule has 2 fully saturated rings. The van der Waals surface area contributed by atoms with Crippen molar-refractivity contribution in [3.63, 3.8) is 0 Å². The maximum absolute atomic E-state index is 13.5. The highest BCUT2D eigenvalue weighted by molar-refractivity contribution is 5.99. The number of carbonyl (C=O) groups is 1. The number of pyridine rings is 1. The molecule has 6 nitrogen and oxygen atoms in total. The Morgan fingerprint density at radius 2 is 1.71 bits per heavy atom. The van der Waals surface area contributed by atoms with E-state index < -0.39 is 5.92 Å². The number of benzene rings is 1. The third kappa shape index (κ3) is 5.26. The van der Waals surface area contributed by atoms with Gasteiger partial charge in [-0.2, -0.15) is 0 Å². The fourth-order valence-electron chi connectivity index (χ4n) is 5.03. The summed E-state index contributed by atoms with van der Waals surface area (Å²) >= 11 is 0. The summed E-state index contributed by atoms with van der Waals surface area (Å²) in [5, 5.41) is 11.0. The minimum absolute atomic E-state index is 0.00897. The lowest BCUT2D eigenvalue weighted by Crippen LogP contribution is -2.56. The standard InChI is InChI=1S/C25H27F2N5O.C2H6/c1-17-16-31(13-14-32(17)24(33)19-7-10-25(26,27)11-8-19)23-21-15-28-12-9-20(21)22(29-30-23)18-5-3-2-4-6-18;1-2/h2-6,9,12,15,17,19H,7-8,10-11,13-14,16H2,1H3;1-2H3. The predicted molar refractivity (Wildman–Crippen MR) is 134 cm³/mol. The molecule has 0 N–H and O–H groups in total. The molecule has 0 spiro atoms. The van der Waals surface area contributed by atoms with Crippen LogP contribution in [0.3, 0.4) is 0 Å². The second kappa shape index (κ2) is 10.6. The summed E-state index contributed by atoms with van der Waals surface area (Å²) in [6, 6.07) is 11.9. The molecule has 5 rings (SSSR count). The lowest BCUT2D eigenvalue weighted by molar-refractivity contribution is -0.142. The van der Waals surface area contributed by atoms with Crippen LogP contribution in [0.4, 0.5) is 14.6 Å². The van der Waals surface area contributed by atoms with E-state index in [1.807, 2.05) is 68.3 Å². The molecule has 3 aromatic rings. The first-order valence-electron chi connectivity index (χ1n) is 12.5. The number of hydrogen-bond acceptors (Lipinski definition) is 5. The van der Waals surface area contributed by atoms with Gasteiger partial charge in [-0.15, -0.1) is 10.2 Å². The van der Waals surface area contributed by atoms with E-state index in [1.165, 1.54) is 0 Å². The van der Waals surface area contributed by atoms with Crippen LogP contribution in [0.25, 0.3) is 22.0 Å². The first-order chi connectivity index (χ1) is 16.9. The zero-order valence-electron chi connectivity index (χ0n) is 20.6. The van der Waals surface area contributed by atoms with E-state index in [-0.39, 0.29) is 43.6 Å². The van der Waals surface area contributed by atoms with Crippen molar-refractivity contribution in [3.8, 4) is 11.3 Å². The topological polar surface area (TPSA) is 62.2 Å². The summed E-state index contributed by atoms with van der Waals surface area (Å²) in [6.45, 7) is 7.77. The number of piperazine rings is 1. The molecule has 0 bridgehead atoms. The summed E-state index contributed by atoms with van der Waals surface area (Å²) in [5.41, 5.74) is 1.81. The molecule has 2 aromatic heterocycles. The minimum atomic E-state index is -2.62. The number of hydrogen-bond donors (Lipinski definition) is 0. The Kier molecular flexibility index (Phi) is 7.57. The first-order valence-corrected chi connectivity index (χ1v) is 12.5. The molecule has 1 atom stereocenters. The number of carbonyl (C=O) groups excluding carboxylic acids is 1. The molecule has 8 heteroatoms. The molecule has 1 aromatic carbocycles. The Morgan fingerprint density at radius 1 is 1.00 bits per heavy atom. The summed E-state index contributed by atoms with van der Waals surface area (Å²) in [6.07, 6.45) is 3.71. The lowest BCUT2D eigenvalue weighted by Gasteiger charge is -2.42. The van der Waals surface area contributed by atoms with Crippen molar-refractivity contribution in [2.45, 2.75) is 58.4 Å². The molecular formula is C27H33F2N5O. The summed E-state index contributed by atoms with van der Waals surface area (Å²) in [5.74, 6) is -2.15. The normalized spacial score (nSPS) is 20.3. The number of nitrogens with zero attached hydrogens (tertiary/aromatic N) is 5. The van der Waals surface area contributed by atoms with Crippen molar-refractivity contribution in [2.75, 3.05) is 24.5 Å². The molecule has 1 saturated heterocycles. The molecule has 1 amide bonds. The molecule has 3 heterocycles. The van der Waals surface area contributed by atoms with Crippen LogP contribution in [0.15, 0.2) is 48.8 Å². The highest BCUT2D eigenvalue weighted by atomic mass is 19.3. The maximum atomic E-state index is 13.5. The van der Waals surface area contributed by atoms with Crippen LogP contribution in [0.2, 0.25) is 0 Å². The first kappa shape index (κ1) is 24.9. The van der Waals surface area contributed by atoms with E-state index in [1.54, 1.807) is 6.20 Å². The summed E-state index contributed by atoms with van der Waals surface area (Å²) < 4.78 is 27.0. The second-order valence-corrected chi connectivity index (χ2v) is 9.12. The number of fused-ring (bicyclic) bond motifs is 1. The van der Waals surface area contributed by atoms with Gasteiger partial charge >= 0.3 is 0 Å². The smallest absolute Gasteiger partial charge is 0.248 e. The van der Waals surface area contributed by atoms with Crippen molar-refractivity contribution >= 4 is 22.5 Å². The largest absolute Gasteiger partial charge is 0.351 e. The van der Waals surface area contributed by atoms with E-state index in [4.69, 9.17) is 0 Å². The van der Waals surface area contributed by atoms with Gasteiger partial charge in [0.1, 0.15) is 5.69 Å². The van der Waals surface area contributed by atoms with Crippen LogP contribution < -0.4 is 4.90 Å². The molecule has 1 aliphatic heterocycles. The van der Waals surface area contributed by atoms with Crippen molar-refractivity contribution in [1.29, 1.82) is 0 Å². The molecule has 2 aliphatic rings. The van der Waals surface area contributed by atoms with Gasteiger partial charge in [0.05, 0.1) is 0 Å². The highest BCUT2D eigenvalue weighted by Crippen LogP contribution is 2.37. The predicted octanol–water partition coefficient (Wildman–Crippen LogP) is 5.58. The molecule has 0 radical (unpaired) electrons. The Labute approximate surface area is 205 Å². The van der Waals surface area contributed by atoms with Crippen LogP contribution in [-0.4, -0.2) is 57.6 Å². The van der Waals surface area contributed by atoms with Gasteiger partial charge < -0.3 is 9.80 Å². The van der Waals surface area contributed by atoms with Crippen molar-refractivity contribution in [3.05, 3.63) is 48.8 Å². The Bertz CT molecular complexity index is 1150. The lowest BCUT2D eigenvalue weighted by atomic mass is 9.85. The second-order valence-electron chi connectivity index (χ2n) is 9.12. The van der Waals surface area contributed by atoms with Gasteiger partial charge in [0.25, 0.3) is 0 Å². The SMILES string of the molecule is CC.CC1CN(c2nnc(-c3ccccc3)c3ccncc23)CCN1C(=O)C1CCC(F)(F)CC1. The molecule has 35 heavy (non-hydrogen) atoms. The van der Waals surface area contributed by atoms with Crippen LogP contribution in [0.5, 0.6) is 0 Å². The van der Waals surface area contributed by atoms with Crippen molar-refractivity contribution in [2.24, 2.45) is 5.92 Å². The molecule has 186 valence electrons. The van der Waals surface area contributed by atoms with Gasteiger partial charge in [-0.3, -0.25) is 9.78 Å². The summed E-state index contributed by atoms with van der Waals surface area (Å²) in [4.78, 5) is 21.4. The van der Waals surface area contributed by atoms with Crippen LogP contribution in [-0.2, 0) is 4.79 Å². The fourth-order valence-corrected chi connectivity index (χ4v) is 5.03. The fraction of sp³-hybridized carbons (Fsp3) is 0.481. The van der Waals surface area contributed by atoms with Crippen LogP contribution in [0, 0.1) is 5.92 Å². The number of aromatic nitrogens is 3. The summed E-state index contributed by atoms with van der Waals surface area (Å²) in [7, 11) is 0. The van der Waals surface area contributed by atoms with Gasteiger partial charge in [0.15, 0.2) is 5.82 Å². The molecule has 1 unspecified atom stereocenters. The van der Waals surface area contributed by atoms with E-state index >= 15 is 0 Å². The zero-order chi connectivity index (χ0) is 25.0. The Hall–Kier alpha value is -3.16. The van der Waals surface area contributed by atoms with Gasteiger partial charge in [-0.25, -0.2) is 8.78 Å². The van der Waals surface area contributed by atoms with E-state index in [9.17, 15) is 13.6 Å². The molecule has 1 saturated carbocycles. The molecule has 1 aliphatic carbocycles. The quantitative estimate of drug-likeness (QED) is 0.489. The number of anilines is 1. The van der Waals surface area contributed by atoms with E-state index in [2.05, 4.69) is 20.1 Å². The zero-order valence-corrected chi connectivity index (χ0v) is 20.6. The number of alkyl halides is 2. The van der Waals surface area contributed by atoms with Crippen molar-refractivity contribution in [1.82, 2.24) is 20.1 Å². The van der Waals surface area contributed by atoms with Gasteiger partial charge in [0.2, 0.25) is 11.8 Å².